The summed E-state index contributed by atoms with van der Waals surface area (Å²) in [4.78, 5) is 19.1. The molecule has 1 aromatic carbocycles. The molecule has 1 aliphatic rings. The molecule has 2 aromatic rings. The van der Waals surface area contributed by atoms with E-state index in [-0.39, 0.29) is 11.9 Å². The second kappa shape index (κ2) is 5.21. The Kier molecular flexibility index (Phi) is 3.40. The van der Waals surface area contributed by atoms with Gasteiger partial charge in [0.25, 0.3) is 5.91 Å². The van der Waals surface area contributed by atoms with Gasteiger partial charge in [0.05, 0.1) is 11.1 Å². The van der Waals surface area contributed by atoms with Gasteiger partial charge in [0.15, 0.2) is 0 Å². The maximum atomic E-state index is 12.7. The van der Waals surface area contributed by atoms with Gasteiger partial charge in [-0.1, -0.05) is 18.2 Å². The quantitative estimate of drug-likeness (QED) is 0.862. The molecule has 3 rings (SSSR count). The van der Waals surface area contributed by atoms with Crippen LogP contribution in [0.1, 0.15) is 28.9 Å². The minimum Gasteiger partial charge on any atom is -0.337 e. The molecular weight excluding hydrogens is 250 g/mol. The van der Waals surface area contributed by atoms with Crippen LogP contribution in [0.15, 0.2) is 30.3 Å². The Labute approximate surface area is 118 Å². The number of pyridine rings is 1. The Balaban J connectivity index is 2.00. The maximum Gasteiger partial charge on any atom is 0.256 e. The molecule has 0 bridgehead atoms. The van der Waals surface area contributed by atoms with Crippen molar-refractivity contribution < 1.29 is 4.79 Å². The highest BCUT2D eigenvalue weighted by Crippen LogP contribution is 2.20. The molecule has 1 fully saturated rings. The fourth-order valence-corrected chi connectivity index (χ4v) is 2.78. The molecule has 104 valence electrons. The Hall–Kier alpha value is -1.94. The highest BCUT2D eigenvalue weighted by molar-refractivity contribution is 6.05. The standard InChI is InChI=1S/C16H19N3O/c1-11-7-8-12-4-2-6-14(15(12)18-11)16(20)19-9-3-5-13(17)10-19/h2,4,6-8,13H,3,5,9-10,17H2,1H3/t13-/m1/s1. The number of benzene rings is 1. The fourth-order valence-electron chi connectivity index (χ4n) is 2.78. The zero-order valence-electron chi connectivity index (χ0n) is 11.7. The van der Waals surface area contributed by atoms with E-state index in [1.54, 1.807) is 0 Å². The number of carbonyl (C=O) groups is 1. The van der Waals surface area contributed by atoms with Crippen LogP contribution in [0.25, 0.3) is 10.9 Å². The first-order valence-corrected chi connectivity index (χ1v) is 7.06. The SMILES string of the molecule is Cc1ccc2cccc(C(=O)N3CCC[C@@H](N)C3)c2n1. The molecular formula is C16H19N3O. The molecule has 20 heavy (non-hydrogen) atoms. The van der Waals surface area contributed by atoms with Gasteiger partial charge in [0, 0.05) is 30.2 Å². The first kappa shape index (κ1) is 13.1. The van der Waals surface area contributed by atoms with Crippen LogP contribution in [-0.4, -0.2) is 34.9 Å². The maximum absolute atomic E-state index is 12.7. The van der Waals surface area contributed by atoms with E-state index in [2.05, 4.69) is 4.98 Å². The van der Waals surface area contributed by atoms with Crippen LogP contribution in [0.3, 0.4) is 0 Å². The number of para-hydroxylation sites is 1. The van der Waals surface area contributed by atoms with Gasteiger partial charge in [-0.15, -0.1) is 0 Å². The first-order chi connectivity index (χ1) is 9.65. The number of piperidine rings is 1. The molecule has 1 aromatic heterocycles. The number of hydrogen-bond acceptors (Lipinski definition) is 3. The first-order valence-electron chi connectivity index (χ1n) is 7.06. The van der Waals surface area contributed by atoms with Crippen LogP contribution in [0.2, 0.25) is 0 Å². The van der Waals surface area contributed by atoms with Crippen molar-refractivity contribution in [2.24, 2.45) is 5.73 Å². The molecule has 0 radical (unpaired) electrons. The number of nitrogens with two attached hydrogens (primary N) is 1. The Morgan fingerprint density at radius 1 is 1.35 bits per heavy atom. The van der Waals surface area contributed by atoms with Gasteiger partial charge in [-0.3, -0.25) is 9.78 Å². The lowest BCUT2D eigenvalue weighted by atomic mass is 10.0. The van der Waals surface area contributed by atoms with Crippen molar-refractivity contribution in [1.29, 1.82) is 0 Å². The van der Waals surface area contributed by atoms with Crippen molar-refractivity contribution >= 4 is 16.8 Å². The summed E-state index contributed by atoms with van der Waals surface area (Å²) in [7, 11) is 0. The van der Waals surface area contributed by atoms with Gasteiger partial charge in [0.2, 0.25) is 0 Å². The molecule has 0 spiro atoms. The van der Waals surface area contributed by atoms with E-state index in [9.17, 15) is 4.79 Å². The van der Waals surface area contributed by atoms with Crippen LogP contribution < -0.4 is 5.73 Å². The van der Waals surface area contributed by atoms with Crippen molar-refractivity contribution in [1.82, 2.24) is 9.88 Å². The van der Waals surface area contributed by atoms with Crippen molar-refractivity contribution in [3.8, 4) is 0 Å². The molecule has 0 saturated carbocycles. The molecule has 1 aliphatic heterocycles. The average molecular weight is 269 g/mol. The van der Waals surface area contributed by atoms with E-state index in [1.807, 2.05) is 42.2 Å². The number of likely N-dealkylation sites (tertiary alicyclic amines) is 1. The highest BCUT2D eigenvalue weighted by Gasteiger charge is 2.23. The van der Waals surface area contributed by atoms with E-state index >= 15 is 0 Å². The van der Waals surface area contributed by atoms with E-state index in [0.717, 1.165) is 36.0 Å². The third-order valence-electron chi connectivity index (χ3n) is 3.83. The molecule has 1 amide bonds. The van der Waals surface area contributed by atoms with Gasteiger partial charge in [-0.2, -0.15) is 0 Å². The summed E-state index contributed by atoms with van der Waals surface area (Å²) in [6.07, 6.45) is 1.97. The van der Waals surface area contributed by atoms with E-state index in [0.29, 0.717) is 12.1 Å². The lowest BCUT2D eigenvalue weighted by Gasteiger charge is -2.31. The van der Waals surface area contributed by atoms with E-state index in [4.69, 9.17) is 5.73 Å². The van der Waals surface area contributed by atoms with Crippen LogP contribution in [0.4, 0.5) is 0 Å². The minimum atomic E-state index is 0.0452. The third kappa shape index (κ3) is 2.39. The zero-order chi connectivity index (χ0) is 14.1. The third-order valence-corrected chi connectivity index (χ3v) is 3.83. The number of rotatable bonds is 1. The topological polar surface area (TPSA) is 59.2 Å². The predicted octanol–water partition coefficient (Wildman–Crippen LogP) is 2.11. The summed E-state index contributed by atoms with van der Waals surface area (Å²) in [6, 6.07) is 9.83. The van der Waals surface area contributed by atoms with Crippen LogP contribution in [0.5, 0.6) is 0 Å². The summed E-state index contributed by atoms with van der Waals surface area (Å²) in [5.74, 6) is 0.0452. The fraction of sp³-hybridized carbons (Fsp3) is 0.375. The largest absolute Gasteiger partial charge is 0.337 e. The van der Waals surface area contributed by atoms with E-state index in [1.165, 1.54) is 0 Å². The Bertz CT molecular complexity index is 653. The number of amides is 1. The number of nitrogens with zero attached hydrogens (tertiary/aromatic N) is 2. The van der Waals surface area contributed by atoms with Crippen molar-refractivity contribution in [3.05, 3.63) is 41.6 Å². The lowest BCUT2D eigenvalue weighted by Crippen LogP contribution is -2.45. The number of fused-ring (bicyclic) bond motifs is 1. The molecule has 2 heterocycles. The van der Waals surface area contributed by atoms with Gasteiger partial charge >= 0.3 is 0 Å². The second-order valence-corrected chi connectivity index (χ2v) is 5.48. The number of aryl methyl sites for hydroxylation is 1. The van der Waals surface area contributed by atoms with Crippen LogP contribution >= 0.6 is 0 Å². The van der Waals surface area contributed by atoms with Crippen molar-refractivity contribution in [2.75, 3.05) is 13.1 Å². The summed E-state index contributed by atoms with van der Waals surface area (Å²) >= 11 is 0. The molecule has 2 N–H and O–H groups in total. The number of carbonyl (C=O) groups excluding carboxylic acids is 1. The monoisotopic (exact) mass is 269 g/mol. The summed E-state index contributed by atoms with van der Waals surface area (Å²) in [5.41, 5.74) is 8.36. The van der Waals surface area contributed by atoms with Gasteiger partial charge < -0.3 is 10.6 Å². The number of hydrogen-bond donors (Lipinski definition) is 1. The summed E-state index contributed by atoms with van der Waals surface area (Å²) < 4.78 is 0. The molecule has 4 heteroatoms. The molecule has 0 aliphatic carbocycles. The number of aromatic nitrogens is 1. The lowest BCUT2D eigenvalue weighted by molar-refractivity contribution is 0.0710. The van der Waals surface area contributed by atoms with Gasteiger partial charge in [-0.25, -0.2) is 0 Å². The minimum absolute atomic E-state index is 0.0452. The van der Waals surface area contributed by atoms with Gasteiger partial charge in [0.1, 0.15) is 0 Å². The smallest absolute Gasteiger partial charge is 0.256 e. The molecule has 0 unspecified atom stereocenters. The second-order valence-electron chi connectivity index (χ2n) is 5.48. The highest BCUT2D eigenvalue weighted by atomic mass is 16.2. The summed E-state index contributed by atoms with van der Waals surface area (Å²) in [5, 5.41) is 1.00. The molecule has 1 saturated heterocycles. The summed E-state index contributed by atoms with van der Waals surface area (Å²) in [6.45, 7) is 3.37. The van der Waals surface area contributed by atoms with E-state index < -0.39 is 0 Å². The Morgan fingerprint density at radius 3 is 3.00 bits per heavy atom. The molecule has 1 atom stereocenters. The zero-order valence-corrected chi connectivity index (χ0v) is 11.7. The average Bonchev–Trinajstić information content (AvgIpc) is 2.46. The van der Waals surface area contributed by atoms with Crippen LogP contribution in [0, 0.1) is 6.92 Å². The Morgan fingerprint density at radius 2 is 2.20 bits per heavy atom. The van der Waals surface area contributed by atoms with Crippen LogP contribution in [-0.2, 0) is 0 Å². The van der Waals surface area contributed by atoms with Crippen molar-refractivity contribution in [3.63, 3.8) is 0 Å². The predicted molar refractivity (Wildman–Crippen MR) is 79.6 cm³/mol. The molecule has 4 nitrogen and oxygen atoms in total. The van der Waals surface area contributed by atoms with Gasteiger partial charge in [-0.05, 0) is 31.9 Å². The normalized spacial score (nSPS) is 19.3. The van der Waals surface area contributed by atoms with Crippen molar-refractivity contribution in [2.45, 2.75) is 25.8 Å².